The zero-order chi connectivity index (χ0) is 29.1. The maximum absolute atomic E-state index is 13.9. The molecule has 1 aromatic carbocycles. The van der Waals surface area contributed by atoms with Crippen molar-refractivity contribution in [2.45, 2.75) is 31.5 Å². The van der Waals surface area contributed by atoms with Gasteiger partial charge in [0.15, 0.2) is 11.5 Å². The summed E-state index contributed by atoms with van der Waals surface area (Å²) in [4.78, 5) is 29.5. The maximum atomic E-state index is 13.9. The number of ether oxygens (including phenoxy) is 2. The number of piperidine rings is 1. The predicted molar refractivity (Wildman–Crippen MR) is 143 cm³/mol. The van der Waals surface area contributed by atoms with Crippen molar-refractivity contribution in [2.75, 3.05) is 20.2 Å². The Bertz CT molecular complexity index is 1540. The fourth-order valence-corrected chi connectivity index (χ4v) is 5.58. The van der Waals surface area contributed by atoms with Gasteiger partial charge in [0.05, 0.1) is 23.9 Å². The van der Waals surface area contributed by atoms with Gasteiger partial charge in [0.1, 0.15) is 17.9 Å². The number of halogens is 3. The molecule has 5 rings (SSSR count). The molecule has 0 radical (unpaired) electrons. The molecule has 0 aliphatic carbocycles. The molecular weight excluding hydrogens is 561 g/mol. The van der Waals surface area contributed by atoms with Gasteiger partial charge >= 0.3 is 18.2 Å². The van der Waals surface area contributed by atoms with Crippen molar-refractivity contribution >= 4 is 23.4 Å². The van der Waals surface area contributed by atoms with Crippen LogP contribution >= 0.6 is 11.3 Å². The molecule has 0 atom stereocenters. The van der Waals surface area contributed by atoms with Gasteiger partial charge < -0.3 is 19.5 Å². The van der Waals surface area contributed by atoms with Crippen molar-refractivity contribution in [3.05, 3.63) is 82.5 Å². The summed E-state index contributed by atoms with van der Waals surface area (Å²) in [7, 11) is 0.999. The van der Waals surface area contributed by atoms with Crippen molar-refractivity contribution in [1.29, 1.82) is 0 Å². The molecule has 1 N–H and O–H groups in total. The molecule has 4 aromatic rings. The number of nitrogens with zero attached hydrogens (tertiary/aromatic N) is 4. The van der Waals surface area contributed by atoms with E-state index in [1.165, 1.54) is 22.3 Å². The van der Waals surface area contributed by atoms with Crippen LogP contribution in [0, 0.1) is 0 Å². The van der Waals surface area contributed by atoms with Crippen LogP contribution in [0.1, 0.15) is 45.9 Å². The molecule has 1 saturated heterocycles. The highest BCUT2D eigenvalue weighted by Crippen LogP contribution is 2.37. The average Bonchev–Trinajstić information content (AvgIpc) is 3.64. The molecule has 41 heavy (non-hydrogen) atoms. The fourth-order valence-electron chi connectivity index (χ4n) is 4.77. The standard InChI is InChI=1S/C28H25F3N4O5S/c1-39-26(36)20-15-32-35(25(20)28(29,30)31)23-4-2-3-21(33-23)24-22(11-14-41-24)40-16-17-5-7-18(8-6-17)19-9-12-34(13-10-19)27(37)38/h2-8,11,14-15,19H,9-10,12-13,16H2,1H3,(H,37,38). The molecule has 1 aliphatic rings. The second-order valence-corrected chi connectivity index (χ2v) is 10.3. The minimum Gasteiger partial charge on any atom is -0.487 e. The Morgan fingerprint density at radius 2 is 1.83 bits per heavy atom. The van der Waals surface area contributed by atoms with Crippen molar-refractivity contribution in [1.82, 2.24) is 19.7 Å². The number of benzene rings is 1. The summed E-state index contributed by atoms with van der Waals surface area (Å²) in [6.45, 7) is 1.30. The van der Waals surface area contributed by atoms with E-state index in [0.717, 1.165) is 37.3 Å². The lowest BCUT2D eigenvalue weighted by molar-refractivity contribution is -0.143. The summed E-state index contributed by atoms with van der Waals surface area (Å²) in [6, 6.07) is 14.4. The molecule has 0 saturated carbocycles. The third kappa shape index (κ3) is 6.04. The lowest BCUT2D eigenvalue weighted by Crippen LogP contribution is -2.36. The summed E-state index contributed by atoms with van der Waals surface area (Å²) in [5.41, 5.74) is 0.496. The van der Waals surface area contributed by atoms with Crippen LogP contribution in [0.3, 0.4) is 0 Å². The number of aromatic nitrogens is 3. The molecule has 9 nitrogen and oxygen atoms in total. The van der Waals surface area contributed by atoms with Gasteiger partial charge in [0.25, 0.3) is 0 Å². The number of hydrogen-bond donors (Lipinski definition) is 1. The Morgan fingerprint density at radius 3 is 2.49 bits per heavy atom. The topological polar surface area (TPSA) is 107 Å². The third-order valence-corrected chi connectivity index (χ3v) is 7.79. The summed E-state index contributed by atoms with van der Waals surface area (Å²) in [6.07, 6.45) is -3.39. The summed E-state index contributed by atoms with van der Waals surface area (Å²) in [5.74, 6) is -0.436. The quantitative estimate of drug-likeness (QED) is 0.256. The zero-order valence-electron chi connectivity index (χ0n) is 21.8. The van der Waals surface area contributed by atoms with E-state index < -0.39 is 29.5 Å². The first kappa shape index (κ1) is 28.1. The van der Waals surface area contributed by atoms with Crippen molar-refractivity contribution < 1.29 is 37.3 Å². The second kappa shape index (κ2) is 11.6. The normalized spacial score (nSPS) is 14.2. The van der Waals surface area contributed by atoms with Crippen LogP contribution in [-0.2, 0) is 17.5 Å². The van der Waals surface area contributed by atoms with E-state index in [1.54, 1.807) is 23.6 Å². The van der Waals surface area contributed by atoms with Gasteiger partial charge in [-0.3, -0.25) is 0 Å². The van der Waals surface area contributed by atoms with Crippen LogP contribution in [0.5, 0.6) is 5.75 Å². The fraction of sp³-hybridized carbons (Fsp3) is 0.286. The number of pyridine rings is 1. The highest BCUT2D eigenvalue weighted by Gasteiger charge is 2.41. The Balaban J connectivity index is 1.31. The molecule has 0 unspecified atom stereocenters. The number of likely N-dealkylation sites (tertiary alicyclic amines) is 1. The Morgan fingerprint density at radius 1 is 1.10 bits per heavy atom. The molecule has 3 aromatic heterocycles. The van der Waals surface area contributed by atoms with Crippen LogP contribution in [0.15, 0.2) is 60.1 Å². The number of thiophene rings is 1. The lowest BCUT2D eigenvalue weighted by atomic mass is 9.89. The number of carboxylic acid groups (broad SMARTS) is 1. The smallest absolute Gasteiger partial charge is 0.434 e. The third-order valence-electron chi connectivity index (χ3n) is 6.87. The average molecular weight is 587 g/mol. The van der Waals surface area contributed by atoms with E-state index in [9.17, 15) is 22.8 Å². The largest absolute Gasteiger partial charge is 0.487 e. The number of rotatable bonds is 7. The van der Waals surface area contributed by atoms with Crippen molar-refractivity contribution in [3.8, 4) is 22.1 Å². The highest BCUT2D eigenvalue weighted by atomic mass is 32.1. The van der Waals surface area contributed by atoms with Gasteiger partial charge in [-0.25, -0.2) is 19.3 Å². The Kier molecular flexibility index (Phi) is 7.97. The molecule has 1 fully saturated rings. The first-order valence-corrected chi connectivity index (χ1v) is 13.5. The molecular formula is C28H25F3N4O5S. The number of carbonyl (C=O) groups excluding carboxylic acids is 1. The van der Waals surface area contributed by atoms with Gasteiger partial charge in [0.2, 0.25) is 0 Å². The van der Waals surface area contributed by atoms with E-state index >= 15 is 0 Å². The first-order chi connectivity index (χ1) is 19.7. The maximum Gasteiger partial charge on any atom is 0.434 e. The van der Waals surface area contributed by atoms with Crippen LogP contribution < -0.4 is 4.74 Å². The first-order valence-electron chi connectivity index (χ1n) is 12.6. The SMILES string of the molecule is COC(=O)c1cnn(-c2cccc(-c3sccc3OCc3ccc(C4CCN(C(=O)O)CC4)cc3)n2)c1C(F)(F)F. The monoisotopic (exact) mass is 586 g/mol. The zero-order valence-corrected chi connectivity index (χ0v) is 22.6. The summed E-state index contributed by atoms with van der Waals surface area (Å²) < 4.78 is 52.7. The summed E-state index contributed by atoms with van der Waals surface area (Å²) >= 11 is 1.33. The van der Waals surface area contributed by atoms with Gasteiger partial charge in [-0.15, -0.1) is 11.3 Å². The molecule has 0 bridgehead atoms. The minimum absolute atomic E-state index is 0.117. The number of carbonyl (C=O) groups is 2. The number of methoxy groups -OCH3 is 1. The van der Waals surface area contributed by atoms with Crippen LogP contribution in [-0.4, -0.2) is 57.0 Å². The van der Waals surface area contributed by atoms with Crippen molar-refractivity contribution in [3.63, 3.8) is 0 Å². The summed E-state index contributed by atoms with van der Waals surface area (Å²) in [5, 5.41) is 14.7. The van der Waals surface area contributed by atoms with Gasteiger partial charge in [-0.2, -0.15) is 18.3 Å². The van der Waals surface area contributed by atoms with E-state index in [-0.39, 0.29) is 12.4 Å². The van der Waals surface area contributed by atoms with E-state index in [2.05, 4.69) is 14.8 Å². The molecule has 214 valence electrons. The molecule has 13 heteroatoms. The molecule has 4 heterocycles. The minimum atomic E-state index is -4.87. The number of esters is 1. The van der Waals surface area contributed by atoms with Crippen LogP contribution in [0.4, 0.5) is 18.0 Å². The van der Waals surface area contributed by atoms with Gasteiger partial charge in [-0.05, 0) is 53.5 Å². The van der Waals surface area contributed by atoms with Crippen LogP contribution in [0.2, 0.25) is 0 Å². The number of amides is 1. The molecule has 1 aliphatic heterocycles. The van der Waals surface area contributed by atoms with Gasteiger partial charge in [-0.1, -0.05) is 30.3 Å². The predicted octanol–water partition coefficient (Wildman–Crippen LogP) is 6.24. The Hall–Kier alpha value is -4.39. The number of alkyl halides is 3. The van der Waals surface area contributed by atoms with Crippen LogP contribution in [0.25, 0.3) is 16.4 Å². The molecule has 0 spiro atoms. The second-order valence-electron chi connectivity index (χ2n) is 9.38. The molecule has 1 amide bonds. The highest BCUT2D eigenvalue weighted by molar-refractivity contribution is 7.14. The lowest BCUT2D eigenvalue weighted by Gasteiger charge is -2.30. The Labute approximate surface area is 236 Å². The van der Waals surface area contributed by atoms with E-state index in [4.69, 9.17) is 9.84 Å². The van der Waals surface area contributed by atoms with Crippen molar-refractivity contribution in [2.24, 2.45) is 0 Å². The van der Waals surface area contributed by atoms with Gasteiger partial charge in [0, 0.05) is 13.1 Å². The number of hydrogen-bond acceptors (Lipinski definition) is 7. The van der Waals surface area contributed by atoms with E-state index in [1.807, 2.05) is 24.3 Å². The van der Waals surface area contributed by atoms with E-state index in [0.29, 0.717) is 40.0 Å².